The molecule has 2 bridgehead atoms. The van der Waals surface area contributed by atoms with Crippen LogP contribution in [-0.2, 0) is 6.54 Å². The lowest BCUT2D eigenvalue weighted by atomic mass is 9.99. The molecule has 0 saturated carbocycles. The molecule has 0 radical (unpaired) electrons. The quantitative estimate of drug-likeness (QED) is 0.820. The summed E-state index contributed by atoms with van der Waals surface area (Å²) in [6.07, 6.45) is 4.53. The Morgan fingerprint density at radius 1 is 1.06 bits per heavy atom. The lowest BCUT2D eigenvalue weighted by molar-refractivity contribution is 0.00959. The molecule has 2 saturated heterocycles. The van der Waals surface area contributed by atoms with Crippen LogP contribution in [-0.4, -0.2) is 28.2 Å². The van der Waals surface area contributed by atoms with Crippen LogP contribution in [0.3, 0.4) is 0 Å². The Kier molecular flexibility index (Phi) is 2.70. The van der Waals surface area contributed by atoms with E-state index in [2.05, 4.69) is 35.2 Å². The highest BCUT2D eigenvalue weighted by molar-refractivity contribution is 5.15. The van der Waals surface area contributed by atoms with Gasteiger partial charge in [0.15, 0.2) is 0 Å². The van der Waals surface area contributed by atoms with E-state index >= 15 is 0 Å². The summed E-state index contributed by atoms with van der Waals surface area (Å²) in [5, 5.41) is 10.0. The molecule has 2 heterocycles. The van der Waals surface area contributed by atoms with Crippen molar-refractivity contribution in [3.63, 3.8) is 0 Å². The molecule has 1 aromatic rings. The zero-order valence-corrected chi connectivity index (χ0v) is 9.55. The number of rotatable bonds is 2. The highest BCUT2D eigenvalue weighted by Crippen LogP contribution is 2.36. The van der Waals surface area contributed by atoms with Crippen molar-refractivity contribution in [2.24, 2.45) is 0 Å². The summed E-state index contributed by atoms with van der Waals surface area (Å²) >= 11 is 0. The van der Waals surface area contributed by atoms with Crippen LogP contribution in [0.1, 0.15) is 31.2 Å². The molecule has 3 rings (SSSR count). The van der Waals surface area contributed by atoms with Crippen LogP contribution in [0.2, 0.25) is 0 Å². The third kappa shape index (κ3) is 1.76. The highest BCUT2D eigenvalue weighted by atomic mass is 16.3. The Labute approximate surface area is 96.9 Å². The lowest BCUT2D eigenvalue weighted by Gasteiger charge is -2.37. The maximum Gasteiger partial charge on any atom is 0.0696 e. The minimum absolute atomic E-state index is 0.0949. The van der Waals surface area contributed by atoms with Gasteiger partial charge in [0.1, 0.15) is 0 Å². The lowest BCUT2D eigenvalue weighted by Crippen LogP contribution is -2.46. The topological polar surface area (TPSA) is 23.5 Å². The number of benzene rings is 1. The normalized spacial score (nSPS) is 34.2. The predicted molar refractivity (Wildman–Crippen MR) is 64.0 cm³/mol. The smallest absolute Gasteiger partial charge is 0.0696 e. The van der Waals surface area contributed by atoms with Gasteiger partial charge < -0.3 is 5.11 Å². The molecular weight excluding hydrogens is 198 g/mol. The van der Waals surface area contributed by atoms with Crippen molar-refractivity contribution in [2.75, 3.05) is 0 Å². The first kappa shape index (κ1) is 10.3. The second kappa shape index (κ2) is 4.19. The molecule has 0 aromatic heterocycles. The van der Waals surface area contributed by atoms with E-state index in [0.29, 0.717) is 12.1 Å². The zero-order valence-electron chi connectivity index (χ0n) is 9.55. The van der Waals surface area contributed by atoms with Crippen LogP contribution < -0.4 is 0 Å². The summed E-state index contributed by atoms with van der Waals surface area (Å²) < 4.78 is 0. The number of aliphatic hydroxyl groups is 1. The second-order valence-electron chi connectivity index (χ2n) is 5.10. The third-order valence-corrected chi connectivity index (χ3v) is 4.14. The maximum atomic E-state index is 10.0. The van der Waals surface area contributed by atoms with Crippen LogP contribution in [0.15, 0.2) is 30.3 Å². The fourth-order valence-corrected chi connectivity index (χ4v) is 3.29. The summed E-state index contributed by atoms with van der Waals surface area (Å²) in [7, 11) is 0. The molecule has 16 heavy (non-hydrogen) atoms. The summed E-state index contributed by atoms with van der Waals surface area (Å²) in [5.41, 5.74) is 1.37. The minimum Gasteiger partial charge on any atom is -0.391 e. The van der Waals surface area contributed by atoms with Crippen LogP contribution in [0, 0.1) is 0 Å². The monoisotopic (exact) mass is 217 g/mol. The summed E-state index contributed by atoms with van der Waals surface area (Å²) in [4.78, 5) is 2.52. The Bertz CT molecular complexity index is 351. The zero-order chi connectivity index (χ0) is 11.0. The van der Waals surface area contributed by atoms with Gasteiger partial charge >= 0.3 is 0 Å². The average Bonchev–Trinajstić information content (AvgIpc) is 2.60. The SMILES string of the molecule is O[C@@H]1CC[C@H]2CC[C@H]1N2Cc1ccccc1. The van der Waals surface area contributed by atoms with E-state index in [1.807, 2.05) is 0 Å². The molecule has 0 amide bonds. The first-order valence-corrected chi connectivity index (χ1v) is 6.32. The van der Waals surface area contributed by atoms with Crippen LogP contribution in [0.4, 0.5) is 0 Å². The number of hydrogen-bond donors (Lipinski definition) is 1. The fourth-order valence-electron chi connectivity index (χ4n) is 3.29. The number of hydrogen-bond acceptors (Lipinski definition) is 2. The van der Waals surface area contributed by atoms with Gasteiger partial charge in [-0.15, -0.1) is 0 Å². The van der Waals surface area contributed by atoms with Gasteiger partial charge in [0, 0.05) is 18.6 Å². The van der Waals surface area contributed by atoms with E-state index < -0.39 is 0 Å². The van der Waals surface area contributed by atoms with Crippen molar-refractivity contribution < 1.29 is 5.11 Å². The van der Waals surface area contributed by atoms with Crippen molar-refractivity contribution in [1.82, 2.24) is 4.90 Å². The van der Waals surface area contributed by atoms with Crippen LogP contribution in [0.5, 0.6) is 0 Å². The summed E-state index contributed by atoms with van der Waals surface area (Å²) in [6.45, 7) is 1.01. The van der Waals surface area contributed by atoms with Crippen molar-refractivity contribution >= 4 is 0 Å². The van der Waals surface area contributed by atoms with Gasteiger partial charge in [-0.2, -0.15) is 0 Å². The molecule has 3 atom stereocenters. The van der Waals surface area contributed by atoms with Crippen molar-refractivity contribution in [2.45, 2.75) is 50.4 Å². The Morgan fingerprint density at radius 2 is 1.81 bits per heavy atom. The summed E-state index contributed by atoms with van der Waals surface area (Å²) in [5.74, 6) is 0. The fraction of sp³-hybridized carbons (Fsp3) is 0.571. The molecule has 1 N–H and O–H groups in total. The van der Waals surface area contributed by atoms with Crippen molar-refractivity contribution in [3.8, 4) is 0 Å². The van der Waals surface area contributed by atoms with E-state index in [1.165, 1.54) is 24.8 Å². The molecule has 2 aliphatic heterocycles. The van der Waals surface area contributed by atoms with Crippen LogP contribution in [0.25, 0.3) is 0 Å². The van der Waals surface area contributed by atoms with Gasteiger partial charge in [-0.25, -0.2) is 0 Å². The Morgan fingerprint density at radius 3 is 2.62 bits per heavy atom. The van der Waals surface area contributed by atoms with E-state index in [0.717, 1.165) is 13.0 Å². The number of fused-ring (bicyclic) bond motifs is 2. The van der Waals surface area contributed by atoms with Gasteiger partial charge in [0.2, 0.25) is 0 Å². The number of piperidine rings is 1. The highest BCUT2D eigenvalue weighted by Gasteiger charge is 2.41. The molecule has 1 aromatic carbocycles. The maximum absolute atomic E-state index is 10.0. The molecular formula is C14H19NO. The van der Waals surface area contributed by atoms with E-state index in [1.54, 1.807) is 0 Å². The molecule has 0 unspecified atom stereocenters. The average molecular weight is 217 g/mol. The summed E-state index contributed by atoms with van der Waals surface area (Å²) in [6, 6.07) is 11.7. The minimum atomic E-state index is -0.0949. The number of aliphatic hydroxyl groups excluding tert-OH is 1. The second-order valence-corrected chi connectivity index (χ2v) is 5.10. The van der Waals surface area contributed by atoms with Gasteiger partial charge in [0.25, 0.3) is 0 Å². The largest absolute Gasteiger partial charge is 0.391 e. The van der Waals surface area contributed by atoms with Gasteiger partial charge in [-0.05, 0) is 31.2 Å². The molecule has 2 fully saturated rings. The first-order chi connectivity index (χ1) is 7.84. The predicted octanol–water partition coefficient (Wildman–Crippen LogP) is 2.17. The van der Waals surface area contributed by atoms with Gasteiger partial charge in [-0.3, -0.25) is 4.90 Å². The molecule has 0 spiro atoms. The first-order valence-electron chi connectivity index (χ1n) is 6.32. The van der Waals surface area contributed by atoms with Crippen LogP contribution >= 0.6 is 0 Å². The van der Waals surface area contributed by atoms with Gasteiger partial charge in [0.05, 0.1) is 6.10 Å². The van der Waals surface area contributed by atoms with Crippen molar-refractivity contribution in [1.29, 1.82) is 0 Å². The number of nitrogens with zero attached hydrogens (tertiary/aromatic N) is 1. The Balaban J connectivity index is 1.76. The van der Waals surface area contributed by atoms with Gasteiger partial charge in [-0.1, -0.05) is 30.3 Å². The molecule has 86 valence electrons. The van der Waals surface area contributed by atoms with E-state index in [9.17, 15) is 5.11 Å². The standard InChI is InChI=1S/C14H19NO/c16-14-9-7-12-6-8-13(14)15(12)10-11-4-2-1-3-5-11/h1-5,12-14,16H,6-10H2/t12-,13-,14-/m1/s1. The van der Waals surface area contributed by atoms with Crippen molar-refractivity contribution in [3.05, 3.63) is 35.9 Å². The van der Waals surface area contributed by atoms with E-state index in [-0.39, 0.29) is 6.10 Å². The molecule has 2 aliphatic rings. The van der Waals surface area contributed by atoms with E-state index in [4.69, 9.17) is 0 Å². The molecule has 2 nitrogen and oxygen atoms in total. The molecule has 2 heteroatoms. The third-order valence-electron chi connectivity index (χ3n) is 4.14. The molecule has 0 aliphatic carbocycles. The Hall–Kier alpha value is -0.860.